The van der Waals surface area contributed by atoms with Gasteiger partial charge in [0.25, 0.3) is 5.79 Å². The number of rotatable bonds is 29. The lowest BCUT2D eigenvalue weighted by Gasteiger charge is -2.51. The molecule has 0 spiro atoms. The highest BCUT2D eigenvalue weighted by Gasteiger charge is 2.63. The summed E-state index contributed by atoms with van der Waals surface area (Å²) in [6.45, 7) is -5.12. The van der Waals surface area contributed by atoms with E-state index in [4.69, 9.17) is 71.1 Å². The van der Waals surface area contributed by atoms with Crippen molar-refractivity contribution in [3.63, 3.8) is 0 Å². The van der Waals surface area contributed by atoms with E-state index in [0.29, 0.717) is 0 Å². The maximum atomic E-state index is 13.2. The van der Waals surface area contributed by atoms with Gasteiger partial charge in [-0.1, -0.05) is 0 Å². The zero-order valence-corrected chi connectivity index (χ0v) is 57.4. The van der Waals surface area contributed by atoms with E-state index in [1.165, 1.54) is 0 Å². The minimum absolute atomic E-state index is 0.823. The lowest BCUT2D eigenvalue weighted by molar-refractivity contribution is -0.392. The van der Waals surface area contributed by atoms with Crippen molar-refractivity contribution >= 4 is 29.6 Å². The van der Waals surface area contributed by atoms with Gasteiger partial charge in [0.15, 0.2) is 44.0 Å². The number of aliphatic hydroxyl groups is 23. The van der Waals surface area contributed by atoms with Crippen LogP contribution in [0.5, 0.6) is 0 Å². The number of carbonyl (C=O) groups is 5. The van der Waals surface area contributed by atoms with Gasteiger partial charge in [0.1, 0.15) is 189 Å². The maximum absolute atomic E-state index is 13.2. The first-order chi connectivity index (χ1) is 50.4. The van der Waals surface area contributed by atoms with Gasteiger partial charge in [-0.05, 0) is 0 Å². The number of carboxylic acids is 1. The van der Waals surface area contributed by atoms with E-state index in [2.05, 4.69) is 21.3 Å². The van der Waals surface area contributed by atoms with Gasteiger partial charge in [-0.15, -0.1) is 0 Å². The van der Waals surface area contributed by atoms with Crippen LogP contribution in [0.1, 0.15) is 34.1 Å². The SMILES string of the molecule is CC(=O)N[C@H]1[C@H](O[C@H]2[C@@H](O)[C@@H](CO)O[C@@H](O[C@H]3[C@H](O)[C@@H](O)[C@H](O)O[C@@H]3CO)[C@@H]2O)O[C@H](CO)[C@@H](O[C@@H]2O[C@H](CO[C@@H]3O[C@H](CO)[C@@H](O)[C@H](O)[C@H]3NC(C)=O)[C@H](O)[C@H](O[C@H]3O[C@H](CO)[C@@H](O[C@@H]4O[C@H](CO)[C@H](O)[C@H](O[C@]5(C(=O)O)C[C@H](O)[C@@H](NC(C)=O)[C@H]([C@H](O)[C@H](O)CO)O5)[C@H]4O)[C@H](O)[C@H]3NC(C)=O)[C@H]2O)[C@@H]1O. The summed E-state index contributed by atoms with van der Waals surface area (Å²) in [5.41, 5.74) is 0. The van der Waals surface area contributed by atoms with Crippen LogP contribution in [0.3, 0.4) is 0 Å². The third kappa shape index (κ3) is 19.6. The molecule has 618 valence electrons. The molecule has 8 fully saturated rings. The molecule has 0 aromatic carbocycles. The summed E-state index contributed by atoms with van der Waals surface area (Å²) in [5, 5.41) is 274. The molecule has 0 aliphatic carbocycles. The van der Waals surface area contributed by atoms with Gasteiger partial charge in [0.2, 0.25) is 23.6 Å². The van der Waals surface area contributed by atoms with Crippen LogP contribution < -0.4 is 21.3 Å². The molecule has 0 unspecified atom stereocenters. The van der Waals surface area contributed by atoms with Crippen LogP contribution in [0.4, 0.5) is 0 Å². The first kappa shape index (κ1) is 88.4. The monoisotopic (exact) mass is 1570 g/mol. The third-order valence-corrected chi connectivity index (χ3v) is 19.2. The molecule has 0 bridgehead atoms. The summed E-state index contributed by atoms with van der Waals surface area (Å²) in [6.07, 6.45) is -77.3. The molecular weight excluding hydrogens is 1470 g/mol. The van der Waals surface area contributed by atoms with Gasteiger partial charge >= 0.3 is 5.97 Å². The summed E-state index contributed by atoms with van der Waals surface area (Å²) in [5.74, 6) is -9.10. The van der Waals surface area contributed by atoms with Crippen LogP contribution in [0.15, 0.2) is 0 Å². The molecular formula is C59H98N4O44. The Kier molecular flexibility index (Phi) is 31.5. The van der Waals surface area contributed by atoms with E-state index < -0.39 is 340 Å². The average Bonchev–Trinajstić information content (AvgIpc) is 0.746. The van der Waals surface area contributed by atoms with Gasteiger partial charge < -0.3 is 215 Å². The third-order valence-electron chi connectivity index (χ3n) is 19.2. The second-order valence-corrected chi connectivity index (χ2v) is 26.8. The smallest absolute Gasteiger partial charge is 0.364 e. The van der Waals surface area contributed by atoms with E-state index >= 15 is 0 Å². The van der Waals surface area contributed by atoms with Gasteiger partial charge in [0, 0.05) is 34.1 Å². The quantitative estimate of drug-likeness (QED) is 0.0331. The molecule has 107 heavy (non-hydrogen) atoms. The molecule has 8 heterocycles. The number of hydrogen-bond acceptors (Lipinski definition) is 43. The van der Waals surface area contributed by atoms with Crippen LogP contribution >= 0.6 is 0 Å². The van der Waals surface area contributed by atoms with Crippen molar-refractivity contribution in [2.45, 2.75) is 285 Å². The Labute approximate surface area is 605 Å². The number of aliphatic hydroxyl groups excluding tert-OH is 23. The average molecular weight is 1570 g/mol. The van der Waals surface area contributed by atoms with Gasteiger partial charge in [-0.3, -0.25) is 19.2 Å². The van der Waals surface area contributed by atoms with Gasteiger partial charge in [0.05, 0.1) is 65.0 Å². The molecule has 8 rings (SSSR count). The van der Waals surface area contributed by atoms with Crippen molar-refractivity contribution in [3.05, 3.63) is 0 Å². The van der Waals surface area contributed by atoms with Gasteiger partial charge in [-0.2, -0.15) is 0 Å². The molecule has 0 aromatic heterocycles. The molecule has 4 amide bonds. The molecule has 8 saturated heterocycles. The predicted octanol–water partition coefficient (Wildman–Crippen LogP) is -18.7. The number of carboxylic acid groups (broad SMARTS) is 1. The summed E-state index contributed by atoms with van der Waals surface area (Å²) in [4.78, 5) is 63.9. The van der Waals surface area contributed by atoms with Crippen molar-refractivity contribution in [1.82, 2.24) is 21.3 Å². The molecule has 8 aliphatic heterocycles. The predicted molar refractivity (Wildman–Crippen MR) is 328 cm³/mol. The number of carbonyl (C=O) groups excluding carboxylic acids is 4. The fourth-order valence-electron chi connectivity index (χ4n) is 13.7. The van der Waals surface area contributed by atoms with Crippen molar-refractivity contribution in [2.75, 3.05) is 52.9 Å². The van der Waals surface area contributed by atoms with Gasteiger partial charge in [-0.25, -0.2) is 4.79 Å². The number of hydrogen-bond donors (Lipinski definition) is 28. The van der Waals surface area contributed by atoms with Crippen LogP contribution in [0.25, 0.3) is 0 Å². The van der Waals surface area contributed by atoms with Crippen LogP contribution in [0.2, 0.25) is 0 Å². The van der Waals surface area contributed by atoms with Crippen LogP contribution in [-0.2, 0) is 95.0 Å². The highest BCUT2D eigenvalue weighted by atomic mass is 16.8. The van der Waals surface area contributed by atoms with E-state index in [1.807, 2.05) is 0 Å². The lowest BCUT2D eigenvalue weighted by atomic mass is 9.88. The first-order valence-electron chi connectivity index (χ1n) is 33.7. The number of nitrogens with one attached hydrogen (secondary N) is 4. The summed E-state index contributed by atoms with van der Waals surface area (Å²) in [6, 6.07) is -7.43. The van der Waals surface area contributed by atoms with Crippen molar-refractivity contribution in [3.8, 4) is 0 Å². The molecule has 8 aliphatic rings. The Morgan fingerprint density at radius 3 is 1.15 bits per heavy atom. The lowest BCUT2D eigenvalue weighted by Crippen LogP contribution is -2.71. The van der Waals surface area contributed by atoms with Crippen LogP contribution in [0, 0.1) is 0 Å². The summed E-state index contributed by atoms with van der Waals surface area (Å²) < 4.78 is 87.3. The standard InChI is InChI=1S/C59H98N4O44/c1-14(71)60-27-18(75)5-59(58(91)92,106-47(27)31(77)19(76)6-64)107-50-34(80)22(9-67)97-57(43(50)89)102-45-25(12-70)99-54(30(38(45)84)63-17(4)74)105-49-35(81)26(13-93-52-28(61-15(2)72)36(82)32(78)20(7-65)95-52)100-56(42(49)88)101-44-24(11-69)98-53(29(37(44)83)62-16(3)73)104-48-33(79)21(8-66)96-55(41(48)87)103-46-23(10-68)94-51(90)40(86)39(46)85/h18-57,64-70,75-90H,5-13H2,1-4H3,(H,60,71)(H,61,72)(H,62,73)(H,63,74)(H,91,92)/t18-,19+,20+,21+,22+,23+,24+,25+,26+,27+,28+,29+,30+,31+,32+,33-,34-,35-,36+,37+,38+,39+,40+,41+,42+,43+,44+,45+,46+,47+,48-,49-,50-,51+,52+,53-,54+,55-,56-,57-,59-/m0/s1. The molecule has 28 N–H and O–H groups in total. The van der Waals surface area contributed by atoms with E-state index in [-0.39, 0.29) is 0 Å². The highest BCUT2D eigenvalue weighted by molar-refractivity contribution is 5.77. The van der Waals surface area contributed by atoms with E-state index in [9.17, 15) is 147 Å². The molecule has 0 aromatic rings. The van der Waals surface area contributed by atoms with E-state index in [1.54, 1.807) is 0 Å². The minimum atomic E-state index is -3.28. The van der Waals surface area contributed by atoms with E-state index in [0.717, 1.165) is 27.7 Å². The maximum Gasteiger partial charge on any atom is 0.364 e. The topological polar surface area (TPSA) is 757 Å². The second-order valence-electron chi connectivity index (χ2n) is 26.8. The molecule has 0 saturated carbocycles. The largest absolute Gasteiger partial charge is 0.477 e. The Morgan fingerprint density at radius 1 is 0.383 bits per heavy atom. The Balaban J connectivity index is 1.09. The molecule has 48 heteroatoms. The first-order valence-corrected chi connectivity index (χ1v) is 33.7. The Morgan fingerprint density at radius 2 is 0.729 bits per heavy atom. The van der Waals surface area contributed by atoms with Crippen molar-refractivity contribution < 1.29 is 218 Å². The normalized spacial score (nSPS) is 46.9. The molecule has 0 radical (unpaired) electrons. The second kappa shape index (κ2) is 38.1. The Bertz CT molecular complexity index is 2870. The minimum Gasteiger partial charge on any atom is -0.477 e. The number of ether oxygens (including phenoxy) is 15. The van der Waals surface area contributed by atoms with Crippen molar-refractivity contribution in [2.24, 2.45) is 0 Å². The Hall–Kier alpha value is -4.17. The fourth-order valence-corrected chi connectivity index (χ4v) is 13.7. The zero-order chi connectivity index (χ0) is 79.3. The van der Waals surface area contributed by atoms with Crippen LogP contribution in [-0.4, -0.2) is 456 Å². The summed E-state index contributed by atoms with van der Waals surface area (Å²) in [7, 11) is 0. The fraction of sp³-hybridized carbons (Fsp3) is 0.915. The number of amides is 4. The molecule has 41 atom stereocenters. The van der Waals surface area contributed by atoms with Crippen molar-refractivity contribution in [1.29, 1.82) is 0 Å². The zero-order valence-electron chi connectivity index (χ0n) is 57.4. The molecule has 48 nitrogen and oxygen atoms in total. The summed E-state index contributed by atoms with van der Waals surface area (Å²) >= 11 is 0. The highest BCUT2D eigenvalue weighted by Crippen LogP contribution is 2.41. The number of aliphatic carboxylic acids is 1.